The quantitative estimate of drug-likeness (QED) is 0.225. The van der Waals surface area contributed by atoms with Gasteiger partial charge in [-0.15, -0.1) is 0 Å². The summed E-state index contributed by atoms with van der Waals surface area (Å²) in [6.45, 7) is 11.5. The Morgan fingerprint density at radius 2 is 1.64 bits per heavy atom. The molecular weight excluding hydrogens is 555 g/mol. The fourth-order valence-corrected chi connectivity index (χ4v) is 3.66. The first-order valence-corrected chi connectivity index (χ1v) is 13.2. The number of halogens is 3. The number of rotatable bonds is 11. The van der Waals surface area contributed by atoms with Crippen molar-refractivity contribution in [2.75, 3.05) is 13.6 Å². The predicted octanol–water partition coefficient (Wildman–Crippen LogP) is 3.18. The normalized spacial score (nSPS) is 13.9. The maximum absolute atomic E-state index is 13.6. The molecule has 42 heavy (non-hydrogen) atoms. The van der Waals surface area contributed by atoms with E-state index in [1.54, 1.807) is 24.9 Å². The summed E-state index contributed by atoms with van der Waals surface area (Å²) in [5.74, 6) is -3.67. The third-order valence-corrected chi connectivity index (χ3v) is 6.06. The zero-order chi connectivity index (χ0) is 32.8. The molecule has 0 saturated heterocycles. The molecule has 1 rings (SSSR count). The molecule has 0 spiro atoms. The second-order valence-electron chi connectivity index (χ2n) is 11.1. The van der Waals surface area contributed by atoms with E-state index in [0.29, 0.717) is 12.0 Å². The molecule has 0 radical (unpaired) electrons. The fraction of sp³-hybridized carbons (Fsp3) is 0.552. The molecule has 0 aliphatic rings. The van der Waals surface area contributed by atoms with Gasteiger partial charge in [0, 0.05) is 19.2 Å². The van der Waals surface area contributed by atoms with Gasteiger partial charge in [-0.1, -0.05) is 71.0 Å². The standard InChI is InChI=1S/C27H41N5O3.C2HF3O2/c1-18(2)22(16-19(3)24(33)30-15-11-14-28)32(7)26(35)23(27(4,5)6)31-25(34)21(29)17-20-12-9-8-10-13-20;3-2(4,5)1(6)7/h8-10,12-13,16,18,21-23H,11,15,17,29H2,1-7H3,(H,30,33)(H,31,34);(H,6,7)/b19-16+;/t21-,22+,23+;/m0./s1. The molecule has 0 fully saturated rings. The number of nitriles is 1. The monoisotopic (exact) mass is 597 g/mol. The van der Waals surface area contributed by atoms with Crippen LogP contribution < -0.4 is 16.4 Å². The van der Waals surface area contributed by atoms with Gasteiger partial charge in [0.15, 0.2) is 0 Å². The molecule has 0 saturated carbocycles. The van der Waals surface area contributed by atoms with Crippen molar-refractivity contribution in [2.45, 2.75) is 78.7 Å². The Kier molecular flexibility index (Phi) is 15.5. The van der Waals surface area contributed by atoms with Crippen LogP contribution in [0.2, 0.25) is 0 Å². The minimum atomic E-state index is -5.08. The fourth-order valence-electron chi connectivity index (χ4n) is 3.66. The number of hydrogen-bond donors (Lipinski definition) is 4. The van der Waals surface area contributed by atoms with E-state index in [1.165, 1.54) is 0 Å². The molecule has 3 amide bonds. The minimum Gasteiger partial charge on any atom is -0.475 e. The van der Waals surface area contributed by atoms with Crippen molar-refractivity contribution in [3.63, 3.8) is 0 Å². The number of nitrogens with two attached hydrogens (primary N) is 1. The van der Waals surface area contributed by atoms with Crippen LogP contribution in [0.25, 0.3) is 0 Å². The van der Waals surface area contributed by atoms with Crippen LogP contribution in [0.4, 0.5) is 13.2 Å². The minimum absolute atomic E-state index is 0.0162. The molecule has 1 aromatic carbocycles. The molecule has 5 N–H and O–H groups in total. The van der Waals surface area contributed by atoms with E-state index < -0.39 is 29.6 Å². The summed E-state index contributed by atoms with van der Waals surface area (Å²) in [7, 11) is 1.68. The van der Waals surface area contributed by atoms with Crippen LogP contribution in [0.1, 0.15) is 53.5 Å². The summed E-state index contributed by atoms with van der Waals surface area (Å²) in [5, 5.41) is 21.4. The number of nitrogens with one attached hydrogen (secondary N) is 2. The van der Waals surface area contributed by atoms with Crippen LogP contribution in [-0.4, -0.2) is 71.6 Å². The number of alkyl halides is 3. The number of carboxylic acid groups (broad SMARTS) is 1. The lowest BCUT2D eigenvalue weighted by Crippen LogP contribution is -2.59. The summed E-state index contributed by atoms with van der Waals surface area (Å²) >= 11 is 0. The van der Waals surface area contributed by atoms with Gasteiger partial charge in [0.1, 0.15) is 6.04 Å². The summed E-state index contributed by atoms with van der Waals surface area (Å²) in [6.07, 6.45) is -2.73. The number of amides is 3. The lowest BCUT2D eigenvalue weighted by atomic mass is 9.84. The topological polar surface area (TPSA) is 166 Å². The van der Waals surface area contributed by atoms with Gasteiger partial charge in [0.25, 0.3) is 0 Å². The molecular formula is C29H42F3N5O5. The van der Waals surface area contributed by atoms with Crippen LogP contribution in [-0.2, 0) is 25.6 Å². The van der Waals surface area contributed by atoms with Crippen molar-refractivity contribution < 1.29 is 37.5 Å². The van der Waals surface area contributed by atoms with Gasteiger partial charge in [-0.2, -0.15) is 18.4 Å². The zero-order valence-electron chi connectivity index (χ0n) is 25.1. The largest absolute Gasteiger partial charge is 0.490 e. The number of carboxylic acids is 1. The van der Waals surface area contributed by atoms with Crippen molar-refractivity contribution in [1.82, 2.24) is 15.5 Å². The molecule has 0 aliphatic carbocycles. The van der Waals surface area contributed by atoms with Gasteiger partial charge in [-0.25, -0.2) is 4.79 Å². The average molecular weight is 598 g/mol. The third kappa shape index (κ3) is 13.6. The Morgan fingerprint density at radius 3 is 2.07 bits per heavy atom. The van der Waals surface area contributed by atoms with Gasteiger partial charge in [-0.3, -0.25) is 14.4 Å². The van der Waals surface area contributed by atoms with Gasteiger partial charge >= 0.3 is 12.1 Å². The Labute approximate surface area is 245 Å². The summed E-state index contributed by atoms with van der Waals surface area (Å²) in [6, 6.07) is 9.52. The number of nitrogens with zero attached hydrogens (tertiary/aromatic N) is 2. The van der Waals surface area contributed by atoms with Crippen molar-refractivity contribution in [3.05, 3.63) is 47.5 Å². The smallest absolute Gasteiger partial charge is 0.475 e. The Hall–Kier alpha value is -3.92. The number of hydrogen-bond acceptors (Lipinski definition) is 6. The SMILES string of the molecule is C/C(=C\[C@H](C(C)C)N(C)C(=O)[C@@H](NC(=O)[C@@H](N)Cc1ccccc1)C(C)(C)C)C(=O)NCCC#N.O=C(O)C(F)(F)F. The highest BCUT2D eigenvalue weighted by molar-refractivity contribution is 5.93. The molecule has 3 atom stereocenters. The van der Waals surface area contributed by atoms with Gasteiger partial charge in [0.05, 0.1) is 24.6 Å². The second kappa shape index (κ2) is 17.1. The van der Waals surface area contributed by atoms with Crippen LogP contribution in [0.5, 0.6) is 0 Å². The van der Waals surface area contributed by atoms with Crippen LogP contribution in [0, 0.1) is 22.7 Å². The molecule has 0 unspecified atom stereocenters. The molecule has 0 aliphatic heterocycles. The summed E-state index contributed by atoms with van der Waals surface area (Å²) < 4.78 is 31.7. The lowest BCUT2D eigenvalue weighted by molar-refractivity contribution is -0.192. The van der Waals surface area contributed by atoms with Crippen molar-refractivity contribution >= 4 is 23.7 Å². The average Bonchev–Trinajstić information content (AvgIpc) is 2.88. The molecule has 0 bridgehead atoms. The maximum atomic E-state index is 13.6. The lowest BCUT2D eigenvalue weighted by Gasteiger charge is -2.37. The highest BCUT2D eigenvalue weighted by atomic mass is 19.4. The molecule has 10 nitrogen and oxygen atoms in total. The van der Waals surface area contributed by atoms with Crippen LogP contribution in [0.15, 0.2) is 42.0 Å². The third-order valence-electron chi connectivity index (χ3n) is 6.06. The predicted molar refractivity (Wildman–Crippen MR) is 152 cm³/mol. The number of carbonyl (C=O) groups excluding carboxylic acids is 3. The maximum Gasteiger partial charge on any atom is 0.490 e. The van der Waals surface area contributed by atoms with Crippen LogP contribution in [0.3, 0.4) is 0 Å². The number of aliphatic carboxylic acids is 1. The van der Waals surface area contributed by atoms with E-state index in [4.69, 9.17) is 20.9 Å². The van der Waals surface area contributed by atoms with E-state index in [1.807, 2.05) is 71.0 Å². The Morgan fingerprint density at radius 1 is 1.12 bits per heavy atom. The molecule has 0 aromatic heterocycles. The molecule has 234 valence electrons. The van der Waals surface area contributed by atoms with Crippen molar-refractivity contribution in [3.8, 4) is 6.07 Å². The van der Waals surface area contributed by atoms with E-state index in [0.717, 1.165) is 5.56 Å². The summed E-state index contributed by atoms with van der Waals surface area (Å²) in [5.41, 5.74) is 7.00. The first-order chi connectivity index (χ1) is 19.2. The second-order valence-corrected chi connectivity index (χ2v) is 11.1. The molecule has 0 heterocycles. The Bertz CT molecular complexity index is 1130. The van der Waals surface area contributed by atoms with Gasteiger partial charge in [0.2, 0.25) is 17.7 Å². The van der Waals surface area contributed by atoms with Gasteiger partial charge < -0.3 is 26.4 Å². The van der Waals surface area contributed by atoms with E-state index in [2.05, 4.69) is 10.6 Å². The number of likely N-dealkylation sites (N-methyl/N-ethyl adjacent to an activating group) is 1. The Balaban J connectivity index is 0.00000212. The van der Waals surface area contributed by atoms with Crippen LogP contribution >= 0.6 is 0 Å². The zero-order valence-corrected chi connectivity index (χ0v) is 25.1. The van der Waals surface area contributed by atoms with E-state index in [-0.39, 0.29) is 42.6 Å². The highest BCUT2D eigenvalue weighted by Gasteiger charge is 2.39. The highest BCUT2D eigenvalue weighted by Crippen LogP contribution is 2.24. The first-order valence-electron chi connectivity index (χ1n) is 13.2. The number of carbonyl (C=O) groups is 4. The van der Waals surface area contributed by atoms with Gasteiger partial charge in [-0.05, 0) is 30.2 Å². The number of benzene rings is 1. The van der Waals surface area contributed by atoms with Crippen molar-refractivity contribution in [2.24, 2.45) is 17.1 Å². The van der Waals surface area contributed by atoms with E-state index in [9.17, 15) is 27.6 Å². The van der Waals surface area contributed by atoms with Crippen molar-refractivity contribution in [1.29, 1.82) is 5.26 Å². The molecule has 1 aromatic rings. The first kappa shape index (κ1) is 38.1. The summed E-state index contributed by atoms with van der Waals surface area (Å²) in [4.78, 5) is 49.4. The molecule has 13 heteroatoms. The van der Waals surface area contributed by atoms with E-state index >= 15 is 0 Å².